The van der Waals surface area contributed by atoms with Crippen molar-refractivity contribution in [3.8, 4) is 0 Å². The van der Waals surface area contributed by atoms with Gasteiger partial charge < -0.3 is 0 Å². The molecule has 1 heterocycles. The first kappa shape index (κ1) is 10.6. The van der Waals surface area contributed by atoms with E-state index in [-0.39, 0.29) is 5.41 Å². The molecule has 1 aromatic heterocycles. The third-order valence-electron chi connectivity index (χ3n) is 1.85. The van der Waals surface area contributed by atoms with Gasteiger partial charge in [0.15, 0.2) is 0 Å². The second-order valence-electron chi connectivity index (χ2n) is 4.28. The third kappa shape index (κ3) is 2.27. The number of rotatable bonds is 0. The van der Waals surface area contributed by atoms with Crippen molar-refractivity contribution < 1.29 is 0 Å². The average molecular weight is 243 g/mol. The van der Waals surface area contributed by atoms with E-state index in [1.807, 2.05) is 13.8 Å². The van der Waals surface area contributed by atoms with E-state index in [1.54, 1.807) is 0 Å². The molecule has 0 fully saturated rings. The van der Waals surface area contributed by atoms with Crippen molar-refractivity contribution in [2.75, 3.05) is 0 Å². The van der Waals surface area contributed by atoms with Crippen molar-refractivity contribution in [3.63, 3.8) is 0 Å². The molecular weight excluding hydrogens is 228 g/mol. The number of halogens is 1. The highest BCUT2D eigenvalue weighted by atomic mass is 79.9. The molecule has 13 heavy (non-hydrogen) atoms. The van der Waals surface area contributed by atoms with E-state index in [1.165, 1.54) is 0 Å². The largest absolute Gasteiger partial charge is 0.236 e. The van der Waals surface area contributed by atoms with Gasteiger partial charge in [-0.05, 0) is 29.8 Å². The zero-order valence-corrected chi connectivity index (χ0v) is 10.4. The molecule has 0 N–H and O–H groups in total. The third-order valence-corrected chi connectivity index (χ3v) is 3.00. The van der Waals surface area contributed by atoms with Gasteiger partial charge in [-0.1, -0.05) is 20.8 Å². The maximum Gasteiger partial charge on any atom is 0.134 e. The Morgan fingerprint density at radius 1 is 1.00 bits per heavy atom. The van der Waals surface area contributed by atoms with E-state index in [0.717, 1.165) is 21.7 Å². The fourth-order valence-electron chi connectivity index (χ4n) is 1.04. The fourth-order valence-corrected chi connectivity index (χ4v) is 1.22. The predicted octanol–water partition coefficient (Wildman–Crippen LogP) is 3.15. The van der Waals surface area contributed by atoms with Crippen LogP contribution in [0, 0.1) is 13.8 Å². The van der Waals surface area contributed by atoms with E-state index in [4.69, 9.17) is 0 Å². The molecule has 0 atom stereocenters. The minimum Gasteiger partial charge on any atom is -0.236 e. The summed E-state index contributed by atoms with van der Waals surface area (Å²) in [6.07, 6.45) is 0. The molecule has 72 valence electrons. The maximum atomic E-state index is 4.45. The van der Waals surface area contributed by atoms with Gasteiger partial charge >= 0.3 is 0 Å². The van der Waals surface area contributed by atoms with E-state index in [0.29, 0.717) is 0 Å². The van der Waals surface area contributed by atoms with E-state index < -0.39 is 0 Å². The summed E-state index contributed by atoms with van der Waals surface area (Å²) in [6, 6.07) is 0. The Balaban J connectivity index is 3.29. The van der Waals surface area contributed by atoms with Gasteiger partial charge in [0.25, 0.3) is 0 Å². The van der Waals surface area contributed by atoms with Crippen molar-refractivity contribution in [1.82, 2.24) is 9.97 Å². The topological polar surface area (TPSA) is 25.8 Å². The molecule has 0 aliphatic rings. The van der Waals surface area contributed by atoms with Crippen LogP contribution >= 0.6 is 15.9 Å². The highest BCUT2D eigenvalue weighted by molar-refractivity contribution is 9.10. The maximum absolute atomic E-state index is 4.45. The van der Waals surface area contributed by atoms with Crippen LogP contribution < -0.4 is 0 Å². The van der Waals surface area contributed by atoms with E-state index in [2.05, 4.69) is 46.7 Å². The van der Waals surface area contributed by atoms with Crippen LogP contribution in [-0.2, 0) is 5.41 Å². The molecule has 0 bridgehead atoms. The first-order valence-corrected chi connectivity index (χ1v) is 5.13. The summed E-state index contributed by atoms with van der Waals surface area (Å²) >= 11 is 3.45. The van der Waals surface area contributed by atoms with Crippen LogP contribution in [0.2, 0.25) is 0 Å². The monoisotopic (exact) mass is 242 g/mol. The van der Waals surface area contributed by atoms with Gasteiger partial charge in [0.05, 0.1) is 15.9 Å². The van der Waals surface area contributed by atoms with Crippen LogP contribution in [0.4, 0.5) is 0 Å². The zero-order valence-electron chi connectivity index (χ0n) is 8.77. The summed E-state index contributed by atoms with van der Waals surface area (Å²) < 4.78 is 1.01. The van der Waals surface area contributed by atoms with E-state index in [9.17, 15) is 0 Å². The summed E-state index contributed by atoms with van der Waals surface area (Å²) in [7, 11) is 0. The molecule has 0 aromatic carbocycles. The first-order chi connectivity index (χ1) is 5.82. The van der Waals surface area contributed by atoms with Gasteiger partial charge in [-0.25, -0.2) is 9.97 Å². The summed E-state index contributed by atoms with van der Waals surface area (Å²) in [5, 5.41) is 0. The minimum atomic E-state index is 0.0240. The lowest BCUT2D eigenvalue weighted by molar-refractivity contribution is 0.540. The van der Waals surface area contributed by atoms with Crippen molar-refractivity contribution in [2.24, 2.45) is 0 Å². The Morgan fingerprint density at radius 2 is 1.38 bits per heavy atom. The molecular formula is C10H15BrN2. The Kier molecular flexibility index (Phi) is 2.76. The van der Waals surface area contributed by atoms with Crippen LogP contribution in [0.15, 0.2) is 4.47 Å². The first-order valence-electron chi connectivity index (χ1n) is 4.33. The van der Waals surface area contributed by atoms with Crippen LogP contribution in [-0.4, -0.2) is 9.97 Å². The van der Waals surface area contributed by atoms with Crippen molar-refractivity contribution >= 4 is 15.9 Å². The zero-order chi connectivity index (χ0) is 10.2. The minimum absolute atomic E-state index is 0.0240. The van der Waals surface area contributed by atoms with Crippen molar-refractivity contribution in [3.05, 3.63) is 21.7 Å². The SMILES string of the molecule is Cc1nc(C(C)(C)C)nc(C)c1Br. The summed E-state index contributed by atoms with van der Waals surface area (Å²) in [5.41, 5.74) is 2.05. The Hall–Kier alpha value is -0.440. The molecule has 0 saturated heterocycles. The Bertz CT molecular complexity index is 303. The molecule has 1 aromatic rings. The normalized spacial score (nSPS) is 11.8. The van der Waals surface area contributed by atoms with Crippen LogP contribution in [0.1, 0.15) is 38.0 Å². The standard InChI is InChI=1S/C10H15BrN2/c1-6-8(11)7(2)13-9(12-6)10(3,4)5/h1-5H3. The molecule has 0 spiro atoms. The lowest BCUT2D eigenvalue weighted by Crippen LogP contribution is -2.17. The highest BCUT2D eigenvalue weighted by Crippen LogP contribution is 2.23. The van der Waals surface area contributed by atoms with Gasteiger partial charge in [0.2, 0.25) is 0 Å². The molecule has 0 saturated carbocycles. The van der Waals surface area contributed by atoms with Gasteiger partial charge in [0.1, 0.15) is 5.82 Å². The number of aryl methyl sites for hydroxylation is 2. The van der Waals surface area contributed by atoms with E-state index >= 15 is 0 Å². The molecule has 2 nitrogen and oxygen atoms in total. The number of hydrogen-bond acceptors (Lipinski definition) is 2. The Morgan fingerprint density at radius 3 is 1.69 bits per heavy atom. The molecule has 0 aliphatic carbocycles. The van der Waals surface area contributed by atoms with Crippen LogP contribution in [0.25, 0.3) is 0 Å². The van der Waals surface area contributed by atoms with Gasteiger partial charge in [-0.15, -0.1) is 0 Å². The quantitative estimate of drug-likeness (QED) is 0.699. The summed E-state index contributed by atoms with van der Waals surface area (Å²) in [4.78, 5) is 8.89. The lowest BCUT2D eigenvalue weighted by Gasteiger charge is -2.18. The predicted molar refractivity (Wildman–Crippen MR) is 57.9 cm³/mol. The second kappa shape index (κ2) is 3.37. The number of hydrogen-bond donors (Lipinski definition) is 0. The molecule has 3 heteroatoms. The molecule has 0 aliphatic heterocycles. The lowest BCUT2D eigenvalue weighted by atomic mass is 9.95. The molecule has 0 radical (unpaired) electrons. The fraction of sp³-hybridized carbons (Fsp3) is 0.600. The van der Waals surface area contributed by atoms with Gasteiger partial charge in [0, 0.05) is 5.41 Å². The van der Waals surface area contributed by atoms with Crippen molar-refractivity contribution in [2.45, 2.75) is 40.0 Å². The smallest absolute Gasteiger partial charge is 0.134 e. The summed E-state index contributed by atoms with van der Waals surface area (Å²) in [6.45, 7) is 10.3. The Labute approximate surface area is 87.9 Å². The molecule has 1 rings (SSSR count). The molecule has 0 amide bonds. The van der Waals surface area contributed by atoms with Gasteiger partial charge in [-0.2, -0.15) is 0 Å². The van der Waals surface area contributed by atoms with Crippen LogP contribution in [0.5, 0.6) is 0 Å². The van der Waals surface area contributed by atoms with Gasteiger partial charge in [-0.3, -0.25) is 0 Å². The number of aromatic nitrogens is 2. The van der Waals surface area contributed by atoms with Crippen molar-refractivity contribution in [1.29, 1.82) is 0 Å². The highest BCUT2D eigenvalue weighted by Gasteiger charge is 2.18. The molecule has 0 unspecified atom stereocenters. The van der Waals surface area contributed by atoms with Crippen LogP contribution in [0.3, 0.4) is 0 Å². The number of nitrogens with zero attached hydrogens (tertiary/aromatic N) is 2. The average Bonchev–Trinajstić information content (AvgIpc) is 1.97. The second-order valence-corrected chi connectivity index (χ2v) is 5.08. The summed E-state index contributed by atoms with van der Waals surface area (Å²) in [5.74, 6) is 0.908.